The molecule has 1 heterocycles. The van der Waals surface area contributed by atoms with Crippen molar-refractivity contribution in [1.29, 1.82) is 0 Å². The number of amides is 1. The SMILES string of the molecule is CCCNCC(=O)NCc1cnccc1C. The lowest BCUT2D eigenvalue weighted by molar-refractivity contribution is -0.120. The minimum atomic E-state index is 0.0247. The van der Waals surface area contributed by atoms with Crippen LogP contribution >= 0.6 is 0 Å². The zero-order valence-electron chi connectivity index (χ0n) is 9.92. The minimum Gasteiger partial charge on any atom is -0.351 e. The van der Waals surface area contributed by atoms with Crippen LogP contribution in [0, 0.1) is 6.92 Å². The molecule has 0 saturated carbocycles. The molecule has 16 heavy (non-hydrogen) atoms. The molecule has 0 bridgehead atoms. The number of pyridine rings is 1. The lowest BCUT2D eigenvalue weighted by atomic mass is 10.1. The molecular formula is C12H19N3O. The van der Waals surface area contributed by atoms with Crippen molar-refractivity contribution in [2.24, 2.45) is 0 Å². The topological polar surface area (TPSA) is 54.0 Å². The van der Waals surface area contributed by atoms with Gasteiger partial charge in [0, 0.05) is 18.9 Å². The van der Waals surface area contributed by atoms with Crippen molar-refractivity contribution < 1.29 is 4.79 Å². The van der Waals surface area contributed by atoms with Gasteiger partial charge < -0.3 is 10.6 Å². The lowest BCUT2D eigenvalue weighted by Crippen LogP contribution is -2.33. The molecule has 0 aliphatic heterocycles. The van der Waals surface area contributed by atoms with E-state index in [0.29, 0.717) is 13.1 Å². The smallest absolute Gasteiger partial charge is 0.234 e. The van der Waals surface area contributed by atoms with Gasteiger partial charge in [0.05, 0.1) is 6.54 Å². The summed E-state index contributed by atoms with van der Waals surface area (Å²) in [4.78, 5) is 15.4. The molecule has 0 aliphatic rings. The van der Waals surface area contributed by atoms with Crippen LogP contribution in [-0.4, -0.2) is 24.0 Å². The van der Waals surface area contributed by atoms with Gasteiger partial charge in [0.2, 0.25) is 5.91 Å². The van der Waals surface area contributed by atoms with E-state index in [9.17, 15) is 4.79 Å². The first-order chi connectivity index (χ1) is 7.74. The Morgan fingerprint density at radius 1 is 1.50 bits per heavy atom. The molecule has 0 radical (unpaired) electrons. The van der Waals surface area contributed by atoms with Gasteiger partial charge in [-0.15, -0.1) is 0 Å². The van der Waals surface area contributed by atoms with Crippen LogP contribution in [-0.2, 0) is 11.3 Å². The van der Waals surface area contributed by atoms with E-state index >= 15 is 0 Å². The number of aromatic nitrogens is 1. The summed E-state index contributed by atoms with van der Waals surface area (Å²) in [5, 5.41) is 5.92. The Kier molecular flexibility index (Phi) is 5.50. The first-order valence-corrected chi connectivity index (χ1v) is 5.61. The summed E-state index contributed by atoms with van der Waals surface area (Å²) in [6.07, 6.45) is 4.58. The molecule has 88 valence electrons. The summed E-state index contributed by atoms with van der Waals surface area (Å²) < 4.78 is 0. The van der Waals surface area contributed by atoms with E-state index in [1.54, 1.807) is 12.4 Å². The summed E-state index contributed by atoms with van der Waals surface area (Å²) in [6.45, 7) is 5.89. The standard InChI is InChI=1S/C12H19N3O/c1-3-5-13-9-12(16)15-8-11-7-14-6-4-10(11)2/h4,6-7,13H,3,5,8-9H2,1-2H3,(H,15,16). The van der Waals surface area contributed by atoms with Crippen LogP contribution < -0.4 is 10.6 Å². The van der Waals surface area contributed by atoms with Gasteiger partial charge in [-0.05, 0) is 37.1 Å². The Hall–Kier alpha value is -1.42. The van der Waals surface area contributed by atoms with Gasteiger partial charge in [0.1, 0.15) is 0 Å². The van der Waals surface area contributed by atoms with E-state index < -0.39 is 0 Å². The van der Waals surface area contributed by atoms with Gasteiger partial charge in [-0.25, -0.2) is 0 Å². The van der Waals surface area contributed by atoms with Crippen molar-refractivity contribution in [1.82, 2.24) is 15.6 Å². The zero-order chi connectivity index (χ0) is 11.8. The number of nitrogens with one attached hydrogen (secondary N) is 2. The Morgan fingerprint density at radius 3 is 3.00 bits per heavy atom. The number of hydrogen-bond acceptors (Lipinski definition) is 3. The van der Waals surface area contributed by atoms with Crippen molar-refractivity contribution in [3.8, 4) is 0 Å². The highest BCUT2D eigenvalue weighted by molar-refractivity contribution is 5.77. The second-order valence-corrected chi connectivity index (χ2v) is 3.76. The van der Waals surface area contributed by atoms with Crippen LogP contribution in [0.1, 0.15) is 24.5 Å². The molecular weight excluding hydrogens is 202 g/mol. The summed E-state index contributed by atoms with van der Waals surface area (Å²) in [5.41, 5.74) is 2.21. The second kappa shape index (κ2) is 6.95. The highest BCUT2D eigenvalue weighted by atomic mass is 16.1. The summed E-state index contributed by atoms with van der Waals surface area (Å²) in [6, 6.07) is 1.94. The number of rotatable bonds is 6. The molecule has 0 aromatic carbocycles. The molecule has 0 atom stereocenters. The molecule has 1 aromatic rings. The zero-order valence-corrected chi connectivity index (χ0v) is 9.92. The molecule has 4 nitrogen and oxygen atoms in total. The van der Waals surface area contributed by atoms with Gasteiger partial charge in [-0.1, -0.05) is 6.92 Å². The van der Waals surface area contributed by atoms with Crippen LogP contribution in [0.4, 0.5) is 0 Å². The van der Waals surface area contributed by atoms with E-state index in [2.05, 4.69) is 22.5 Å². The second-order valence-electron chi connectivity index (χ2n) is 3.76. The molecule has 0 unspecified atom stereocenters. The highest BCUT2D eigenvalue weighted by Crippen LogP contribution is 2.03. The summed E-state index contributed by atoms with van der Waals surface area (Å²) in [7, 11) is 0. The number of aryl methyl sites for hydroxylation is 1. The predicted octanol–water partition coefficient (Wildman–Crippen LogP) is 1.01. The fraction of sp³-hybridized carbons (Fsp3) is 0.500. The van der Waals surface area contributed by atoms with Crippen molar-refractivity contribution >= 4 is 5.91 Å². The largest absolute Gasteiger partial charge is 0.351 e. The molecule has 0 saturated heterocycles. The van der Waals surface area contributed by atoms with Crippen molar-refractivity contribution in [2.45, 2.75) is 26.8 Å². The predicted molar refractivity (Wildman–Crippen MR) is 64.0 cm³/mol. The van der Waals surface area contributed by atoms with E-state index in [0.717, 1.165) is 24.1 Å². The molecule has 4 heteroatoms. The van der Waals surface area contributed by atoms with Crippen molar-refractivity contribution in [2.75, 3.05) is 13.1 Å². The normalized spacial score (nSPS) is 10.1. The van der Waals surface area contributed by atoms with Crippen LogP contribution in [0.25, 0.3) is 0 Å². The van der Waals surface area contributed by atoms with Gasteiger partial charge in [0.25, 0.3) is 0 Å². The Morgan fingerprint density at radius 2 is 2.31 bits per heavy atom. The Labute approximate surface area is 96.5 Å². The van der Waals surface area contributed by atoms with Crippen LogP contribution in [0.5, 0.6) is 0 Å². The molecule has 1 aromatic heterocycles. The molecule has 0 fully saturated rings. The fourth-order valence-corrected chi connectivity index (χ4v) is 1.32. The van der Waals surface area contributed by atoms with Crippen molar-refractivity contribution in [3.63, 3.8) is 0 Å². The molecule has 1 amide bonds. The quantitative estimate of drug-likeness (QED) is 0.705. The van der Waals surface area contributed by atoms with Crippen LogP contribution in [0.3, 0.4) is 0 Å². The third-order valence-electron chi connectivity index (χ3n) is 2.34. The van der Waals surface area contributed by atoms with Crippen molar-refractivity contribution in [3.05, 3.63) is 29.6 Å². The van der Waals surface area contributed by atoms with Crippen LogP contribution in [0.15, 0.2) is 18.5 Å². The Bertz CT molecular complexity index is 339. The van der Waals surface area contributed by atoms with Gasteiger partial charge in [-0.2, -0.15) is 0 Å². The monoisotopic (exact) mass is 221 g/mol. The number of carbonyl (C=O) groups excluding carboxylic acids is 1. The number of carbonyl (C=O) groups is 1. The maximum absolute atomic E-state index is 11.4. The maximum Gasteiger partial charge on any atom is 0.234 e. The average Bonchev–Trinajstić information content (AvgIpc) is 2.28. The van der Waals surface area contributed by atoms with E-state index in [4.69, 9.17) is 0 Å². The number of nitrogens with zero attached hydrogens (tertiary/aromatic N) is 1. The minimum absolute atomic E-state index is 0.0247. The first-order valence-electron chi connectivity index (χ1n) is 5.61. The summed E-state index contributed by atoms with van der Waals surface area (Å²) in [5.74, 6) is 0.0247. The van der Waals surface area contributed by atoms with E-state index in [1.807, 2.05) is 13.0 Å². The molecule has 1 rings (SSSR count). The first kappa shape index (κ1) is 12.6. The number of hydrogen-bond donors (Lipinski definition) is 2. The van der Waals surface area contributed by atoms with E-state index in [-0.39, 0.29) is 5.91 Å². The average molecular weight is 221 g/mol. The third kappa shape index (κ3) is 4.40. The van der Waals surface area contributed by atoms with Gasteiger partial charge >= 0.3 is 0 Å². The lowest BCUT2D eigenvalue weighted by Gasteiger charge is -2.07. The molecule has 2 N–H and O–H groups in total. The van der Waals surface area contributed by atoms with Gasteiger partial charge in [0.15, 0.2) is 0 Å². The maximum atomic E-state index is 11.4. The molecule has 0 spiro atoms. The van der Waals surface area contributed by atoms with Gasteiger partial charge in [-0.3, -0.25) is 9.78 Å². The third-order valence-corrected chi connectivity index (χ3v) is 2.34. The summed E-state index contributed by atoms with van der Waals surface area (Å²) >= 11 is 0. The Balaban J connectivity index is 2.29. The van der Waals surface area contributed by atoms with E-state index in [1.165, 1.54) is 0 Å². The highest BCUT2D eigenvalue weighted by Gasteiger charge is 2.01. The fourth-order valence-electron chi connectivity index (χ4n) is 1.32. The van der Waals surface area contributed by atoms with Crippen LogP contribution in [0.2, 0.25) is 0 Å². The molecule has 0 aliphatic carbocycles.